The first-order valence-electron chi connectivity index (χ1n) is 13.1. The Morgan fingerprint density at radius 1 is 0.837 bits per heavy atom. The summed E-state index contributed by atoms with van der Waals surface area (Å²) >= 11 is 4.63. The lowest BCUT2D eigenvalue weighted by atomic mass is 10.1. The summed E-state index contributed by atoms with van der Waals surface area (Å²) in [4.78, 5) is 39.4. The lowest BCUT2D eigenvalue weighted by molar-refractivity contribution is -0.114. The number of nitrogens with one attached hydrogen (secondary N) is 3. The first-order chi connectivity index (χ1) is 20.8. The first kappa shape index (κ1) is 29.9. The number of hydrogen-bond acceptors (Lipinski definition) is 6. The van der Waals surface area contributed by atoms with Crippen LogP contribution in [0.3, 0.4) is 0 Å². The van der Waals surface area contributed by atoms with Crippen LogP contribution in [0.25, 0.3) is 6.08 Å². The number of halogens is 2. The van der Waals surface area contributed by atoms with E-state index in [4.69, 9.17) is 9.47 Å². The highest BCUT2D eigenvalue weighted by Crippen LogP contribution is 2.32. The lowest BCUT2D eigenvalue weighted by Crippen LogP contribution is -2.30. The van der Waals surface area contributed by atoms with Gasteiger partial charge in [0.15, 0.2) is 11.5 Å². The van der Waals surface area contributed by atoms with Gasteiger partial charge in [0.1, 0.15) is 24.7 Å². The Morgan fingerprint density at radius 2 is 1.56 bits per heavy atom. The third-order valence-corrected chi connectivity index (χ3v) is 7.60. The molecule has 1 heterocycles. The maximum absolute atomic E-state index is 14.5. The van der Waals surface area contributed by atoms with Gasteiger partial charge in [0, 0.05) is 37.9 Å². The molecule has 3 amide bonds. The molecule has 8 nitrogen and oxygen atoms in total. The largest absolute Gasteiger partial charge is 0.486 e. The van der Waals surface area contributed by atoms with Crippen molar-refractivity contribution in [3.8, 4) is 11.5 Å². The van der Waals surface area contributed by atoms with E-state index in [2.05, 4.69) is 31.9 Å². The van der Waals surface area contributed by atoms with Crippen LogP contribution in [0.2, 0.25) is 0 Å². The van der Waals surface area contributed by atoms with E-state index in [0.29, 0.717) is 46.1 Å². The highest BCUT2D eigenvalue weighted by Gasteiger charge is 2.17. The van der Waals surface area contributed by atoms with Gasteiger partial charge < -0.3 is 25.4 Å². The van der Waals surface area contributed by atoms with Crippen LogP contribution in [-0.4, -0.2) is 36.7 Å². The second-order valence-corrected chi connectivity index (χ2v) is 11.2. The van der Waals surface area contributed by atoms with Gasteiger partial charge in [-0.3, -0.25) is 14.4 Å². The number of ether oxygens (including phenoxy) is 2. The number of benzene rings is 4. The van der Waals surface area contributed by atoms with Crippen LogP contribution in [-0.2, 0) is 9.59 Å². The normalized spacial score (nSPS) is 12.3. The number of carbonyl (C=O) groups is 3. The number of hydrogen-bond donors (Lipinski definition) is 3. The molecule has 1 aliphatic rings. The Morgan fingerprint density at radius 3 is 2.33 bits per heavy atom. The van der Waals surface area contributed by atoms with Gasteiger partial charge >= 0.3 is 0 Å². The Labute approximate surface area is 259 Å². The van der Waals surface area contributed by atoms with Crippen LogP contribution in [0.5, 0.6) is 11.5 Å². The van der Waals surface area contributed by atoms with Crippen LogP contribution < -0.4 is 25.4 Å². The van der Waals surface area contributed by atoms with Gasteiger partial charge in [0.25, 0.3) is 11.8 Å². The minimum Gasteiger partial charge on any atom is -0.486 e. The van der Waals surface area contributed by atoms with Crippen LogP contribution >= 0.6 is 27.7 Å². The van der Waals surface area contributed by atoms with E-state index >= 15 is 0 Å². The number of thioether (sulfide) groups is 1. The Bertz CT molecular complexity index is 1680. The average molecular weight is 663 g/mol. The standard InChI is InChI=1S/C32H25BrFN3O5S/c33-22-6-12-26(34)21(16-22)17-27(37-31(39)20-4-2-1-3-5-20)32(40)36-23-7-10-25(11-8-23)43-19-30(38)35-24-9-13-28-29(18-24)42-15-14-41-28/h1-13,16-18H,14-15,19H2,(H,35,38)(H,36,40)(H,37,39). The quantitative estimate of drug-likeness (QED) is 0.140. The molecule has 0 bridgehead atoms. The van der Waals surface area contributed by atoms with Gasteiger partial charge in [-0.2, -0.15) is 0 Å². The molecule has 0 spiro atoms. The lowest BCUT2D eigenvalue weighted by Gasteiger charge is -2.19. The zero-order valence-corrected chi connectivity index (χ0v) is 25.0. The van der Waals surface area contributed by atoms with Gasteiger partial charge in [-0.25, -0.2) is 4.39 Å². The Hall–Kier alpha value is -4.61. The monoisotopic (exact) mass is 661 g/mol. The fourth-order valence-corrected chi connectivity index (χ4v) is 5.10. The van der Waals surface area contributed by atoms with Gasteiger partial charge in [-0.15, -0.1) is 11.8 Å². The second-order valence-electron chi connectivity index (χ2n) is 9.22. The third kappa shape index (κ3) is 8.24. The molecule has 11 heteroatoms. The van der Waals surface area contributed by atoms with Crippen LogP contribution in [0.15, 0.2) is 106 Å². The fraction of sp³-hybridized carbons (Fsp3) is 0.0938. The van der Waals surface area contributed by atoms with E-state index in [1.54, 1.807) is 72.8 Å². The molecule has 4 aromatic rings. The topological polar surface area (TPSA) is 106 Å². The molecule has 5 rings (SSSR count). The van der Waals surface area contributed by atoms with Gasteiger partial charge in [-0.1, -0.05) is 34.1 Å². The Kier molecular flexibility index (Phi) is 9.75. The maximum atomic E-state index is 14.5. The fourth-order valence-electron chi connectivity index (χ4n) is 4.02. The van der Waals surface area contributed by atoms with E-state index in [1.165, 1.54) is 36.0 Å². The second kappa shape index (κ2) is 14.0. The Balaban J connectivity index is 1.22. The van der Waals surface area contributed by atoms with Gasteiger partial charge in [-0.05, 0) is 72.8 Å². The van der Waals surface area contributed by atoms with Crippen molar-refractivity contribution < 1.29 is 28.2 Å². The van der Waals surface area contributed by atoms with Crippen molar-refractivity contribution in [2.24, 2.45) is 0 Å². The molecule has 0 atom stereocenters. The van der Waals surface area contributed by atoms with Crippen molar-refractivity contribution in [3.63, 3.8) is 0 Å². The van der Waals surface area contributed by atoms with E-state index in [0.717, 1.165) is 4.90 Å². The molecule has 1 aliphatic heterocycles. The summed E-state index contributed by atoms with van der Waals surface area (Å²) in [5.74, 6) is -0.497. The zero-order valence-electron chi connectivity index (χ0n) is 22.6. The molecule has 0 aromatic heterocycles. The number of amides is 3. The molecule has 43 heavy (non-hydrogen) atoms. The third-order valence-electron chi connectivity index (χ3n) is 6.09. The van der Waals surface area contributed by atoms with Crippen molar-refractivity contribution in [1.82, 2.24) is 5.32 Å². The molecular weight excluding hydrogens is 637 g/mol. The van der Waals surface area contributed by atoms with Gasteiger partial charge in [0.05, 0.1) is 5.75 Å². The van der Waals surface area contributed by atoms with E-state index in [-0.39, 0.29) is 22.9 Å². The molecule has 3 N–H and O–H groups in total. The summed E-state index contributed by atoms with van der Waals surface area (Å²) in [6.45, 7) is 0.951. The summed E-state index contributed by atoms with van der Waals surface area (Å²) in [6.07, 6.45) is 1.28. The highest BCUT2D eigenvalue weighted by atomic mass is 79.9. The van der Waals surface area contributed by atoms with Crippen LogP contribution in [0.4, 0.5) is 15.8 Å². The summed E-state index contributed by atoms with van der Waals surface area (Å²) in [5, 5.41) is 8.17. The van der Waals surface area contributed by atoms with Crippen molar-refractivity contribution in [3.05, 3.63) is 118 Å². The van der Waals surface area contributed by atoms with E-state index in [9.17, 15) is 18.8 Å². The van der Waals surface area contributed by atoms with Crippen molar-refractivity contribution in [1.29, 1.82) is 0 Å². The highest BCUT2D eigenvalue weighted by molar-refractivity contribution is 9.10. The molecule has 0 unspecified atom stereocenters. The number of anilines is 2. The smallest absolute Gasteiger partial charge is 0.272 e. The molecule has 0 radical (unpaired) electrons. The summed E-state index contributed by atoms with van der Waals surface area (Å²) in [5.41, 5.74) is 1.38. The predicted molar refractivity (Wildman–Crippen MR) is 168 cm³/mol. The number of carbonyl (C=O) groups excluding carboxylic acids is 3. The van der Waals surface area contributed by atoms with Gasteiger partial charge in [0.2, 0.25) is 5.91 Å². The molecule has 0 saturated carbocycles. The van der Waals surface area contributed by atoms with Crippen LogP contribution in [0.1, 0.15) is 15.9 Å². The van der Waals surface area contributed by atoms with Crippen LogP contribution in [0, 0.1) is 5.82 Å². The predicted octanol–water partition coefficient (Wildman–Crippen LogP) is 6.50. The van der Waals surface area contributed by atoms with Crippen molar-refractivity contribution >= 4 is 62.9 Å². The molecular formula is C32H25BrFN3O5S. The SMILES string of the molecule is O=C(CSc1ccc(NC(=O)C(=Cc2cc(Br)ccc2F)NC(=O)c2ccccc2)cc1)Nc1ccc2c(c1)OCCO2. The summed E-state index contributed by atoms with van der Waals surface area (Å²) < 4.78 is 26.2. The minimum absolute atomic E-state index is 0.120. The molecule has 4 aromatic carbocycles. The maximum Gasteiger partial charge on any atom is 0.272 e. The number of fused-ring (bicyclic) bond motifs is 1. The van der Waals surface area contributed by atoms with Crippen molar-refractivity contribution in [2.45, 2.75) is 4.90 Å². The zero-order chi connectivity index (χ0) is 30.2. The summed E-state index contributed by atoms with van der Waals surface area (Å²) in [6, 6.07) is 24.8. The van der Waals surface area contributed by atoms with E-state index in [1.807, 2.05) is 0 Å². The minimum atomic E-state index is -0.636. The number of rotatable bonds is 9. The van der Waals surface area contributed by atoms with Crippen molar-refractivity contribution in [2.75, 3.05) is 29.6 Å². The molecule has 0 fully saturated rings. The molecule has 218 valence electrons. The summed E-state index contributed by atoms with van der Waals surface area (Å²) in [7, 11) is 0. The molecule has 0 aliphatic carbocycles. The molecule has 0 saturated heterocycles. The van der Waals surface area contributed by atoms with E-state index < -0.39 is 17.6 Å². The first-order valence-corrected chi connectivity index (χ1v) is 14.9. The average Bonchev–Trinajstić information content (AvgIpc) is 3.02.